The minimum atomic E-state index is -0.554. The molecule has 0 aromatic heterocycles. The van der Waals surface area contributed by atoms with Crippen LogP contribution in [0.1, 0.15) is 20.3 Å². The van der Waals surface area contributed by atoms with Crippen LogP contribution in [0, 0.1) is 0 Å². The fraction of sp³-hybridized carbons (Fsp3) is 0.444. The van der Waals surface area contributed by atoms with Crippen molar-refractivity contribution in [3.63, 3.8) is 0 Å². The zero-order valence-electron chi connectivity index (χ0n) is 7.42. The molecule has 0 fully saturated rings. The van der Waals surface area contributed by atoms with E-state index in [-0.39, 0.29) is 17.9 Å². The highest BCUT2D eigenvalue weighted by Gasteiger charge is 2.10. The van der Waals surface area contributed by atoms with Gasteiger partial charge in [-0.3, -0.25) is 5.11 Å². The first-order valence-corrected chi connectivity index (χ1v) is 3.78. The van der Waals surface area contributed by atoms with E-state index in [1.54, 1.807) is 6.92 Å². The molecule has 0 rings (SSSR count). The molecule has 67 valence electrons. The zero-order valence-corrected chi connectivity index (χ0v) is 7.42. The molecule has 0 bridgehead atoms. The molecule has 0 aromatic carbocycles. The van der Waals surface area contributed by atoms with E-state index in [0.29, 0.717) is 6.42 Å². The number of ether oxygens (including phenoxy) is 1. The zero-order chi connectivity index (χ0) is 9.56. The molecule has 0 aliphatic carbocycles. The normalized spacial score (nSPS) is 11.8. The monoisotopic (exact) mass is 169 g/mol. The van der Waals surface area contributed by atoms with Crippen molar-refractivity contribution in [3.05, 3.63) is 24.0 Å². The van der Waals surface area contributed by atoms with Crippen LogP contribution in [0.4, 0.5) is 0 Å². The molecule has 0 spiro atoms. The number of rotatable bonds is 4. The van der Waals surface area contributed by atoms with Crippen LogP contribution in [0.2, 0.25) is 0 Å². The highest BCUT2D eigenvalue weighted by Crippen LogP contribution is 2.06. The van der Waals surface area contributed by atoms with Gasteiger partial charge in [0, 0.05) is 6.42 Å². The molecule has 1 radical (unpaired) electrons. The van der Waals surface area contributed by atoms with E-state index in [1.807, 2.05) is 0 Å². The van der Waals surface area contributed by atoms with Crippen molar-refractivity contribution in [2.24, 2.45) is 0 Å². The summed E-state index contributed by atoms with van der Waals surface area (Å²) in [7, 11) is 0. The van der Waals surface area contributed by atoms with Crippen molar-refractivity contribution in [1.29, 1.82) is 0 Å². The molecule has 0 saturated carbocycles. The molecular weight excluding hydrogens is 156 g/mol. The molecule has 12 heavy (non-hydrogen) atoms. The number of carbonyl (C=O) groups is 1. The molecule has 0 aliphatic rings. The Kier molecular flexibility index (Phi) is 4.84. The lowest BCUT2D eigenvalue weighted by molar-refractivity contribution is -0.138. The summed E-state index contributed by atoms with van der Waals surface area (Å²) in [6, 6.07) is 0. The third-order valence-corrected chi connectivity index (χ3v) is 1.38. The van der Waals surface area contributed by atoms with E-state index in [0.717, 1.165) is 0 Å². The Morgan fingerprint density at radius 3 is 2.58 bits per heavy atom. The first kappa shape index (κ1) is 10.8. The van der Waals surface area contributed by atoms with Crippen molar-refractivity contribution < 1.29 is 14.6 Å². The highest BCUT2D eigenvalue weighted by molar-refractivity contribution is 5.88. The minimum absolute atomic E-state index is 0.146. The van der Waals surface area contributed by atoms with Gasteiger partial charge in [-0.2, -0.15) is 0 Å². The lowest BCUT2D eigenvalue weighted by Crippen LogP contribution is -2.07. The van der Waals surface area contributed by atoms with Crippen molar-refractivity contribution in [2.45, 2.75) is 20.3 Å². The van der Waals surface area contributed by atoms with E-state index in [4.69, 9.17) is 0 Å². The Balaban J connectivity index is 4.18. The van der Waals surface area contributed by atoms with Crippen LogP contribution in [0.15, 0.2) is 24.0 Å². The Morgan fingerprint density at radius 1 is 1.58 bits per heavy atom. The van der Waals surface area contributed by atoms with Gasteiger partial charge in [-0.15, -0.1) is 0 Å². The summed E-state index contributed by atoms with van der Waals surface area (Å²) in [4.78, 5) is 11.0. The van der Waals surface area contributed by atoms with Crippen molar-refractivity contribution in [1.82, 2.24) is 0 Å². The van der Waals surface area contributed by atoms with Crippen molar-refractivity contribution >= 4 is 5.97 Å². The first-order valence-electron chi connectivity index (χ1n) is 3.78. The number of allylic oxidation sites excluding steroid dienone is 1. The number of esters is 1. The molecule has 0 heterocycles. The Hall–Kier alpha value is -1.25. The fourth-order valence-corrected chi connectivity index (χ4v) is 0.622. The number of hydrogen-bond acceptors (Lipinski definition) is 2. The van der Waals surface area contributed by atoms with Gasteiger partial charge in [0.2, 0.25) is 0 Å². The molecule has 3 heteroatoms. The number of hydrogen-bond donors (Lipinski definition) is 0. The van der Waals surface area contributed by atoms with Gasteiger partial charge < -0.3 is 4.74 Å². The molecule has 0 atom stereocenters. The van der Waals surface area contributed by atoms with E-state index < -0.39 is 5.97 Å². The third-order valence-electron chi connectivity index (χ3n) is 1.38. The lowest BCUT2D eigenvalue weighted by atomic mass is 10.2. The first-order chi connectivity index (χ1) is 5.63. The smallest absolute Gasteiger partial charge is 0.337 e. The van der Waals surface area contributed by atoms with Gasteiger partial charge in [-0.1, -0.05) is 19.6 Å². The number of carbonyl (C=O) groups excluding carboxylic acids is 1. The summed E-state index contributed by atoms with van der Waals surface area (Å²) in [6.45, 7) is 6.70. The topological polar surface area (TPSA) is 46.2 Å². The predicted molar refractivity (Wildman–Crippen MR) is 44.8 cm³/mol. The van der Waals surface area contributed by atoms with Crippen LogP contribution < -0.4 is 0 Å². The van der Waals surface area contributed by atoms with Crippen LogP contribution in [0.25, 0.3) is 0 Å². The molecule has 0 N–H and O–H groups in total. The Morgan fingerprint density at radius 2 is 2.17 bits per heavy atom. The quantitative estimate of drug-likeness (QED) is 0.279. The second-order valence-electron chi connectivity index (χ2n) is 2.29. The SMILES string of the molecule is C=CCOC(=O)C(C)=C([O])CC. The van der Waals surface area contributed by atoms with E-state index >= 15 is 0 Å². The molecule has 0 saturated heterocycles. The predicted octanol–water partition coefficient (Wildman–Crippen LogP) is 1.83. The van der Waals surface area contributed by atoms with Crippen LogP contribution in [-0.4, -0.2) is 12.6 Å². The van der Waals surface area contributed by atoms with Gasteiger partial charge in [0.1, 0.15) is 6.61 Å². The minimum Gasteiger partial charge on any atom is -0.458 e. The maximum absolute atomic E-state index is 11.0. The van der Waals surface area contributed by atoms with Gasteiger partial charge in [0.25, 0.3) is 0 Å². The van der Waals surface area contributed by atoms with E-state index in [1.165, 1.54) is 13.0 Å². The summed E-state index contributed by atoms with van der Waals surface area (Å²) in [5, 5.41) is 11.0. The highest BCUT2D eigenvalue weighted by atomic mass is 16.5. The third kappa shape index (κ3) is 3.23. The van der Waals surface area contributed by atoms with Crippen LogP contribution in [-0.2, 0) is 14.6 Å². The van der Waals surface area contributed by atoms with Gasteiger partial charge in [0.15, 0.2) is 5.76 Å². The Labute approximate surface area is 72.3 Å². The average molecular weight is 169 g/mol. The Bertz CT molecular complexity index is 204. The summed E-state index contributed by atoms with van der Waals surface area (Å²) in [5.41, 5.74) is 0.152. The molecular formula is C9H13O3. The maximum Gasteiger partial charge on any atom is 0.337 e. The van der Waals surface area contributed by atoms with E-state index in [9.17, 15) is 9.90 Å². The summed E-state index contributed by atoms with van der Waals surface area (Å²) >= 11 is 0. The molecule has 0 aliphatic heterocycles. The summed E-state index contributed by atoms with van der Waals surface area (Å²) in [5.74, 6) is -0.731. The molecule has 3 nitrogen and oxygen atoms in total. The van der Waals surface area contributed by atoms with Crippen molar-refractivity contribution in [2.75, 3.05) is 6.61 Å². The van der Waals surface area contributed by atoms with Crippen LogP contribution in [0.3, 0.4) is 0 Å². The van der Waals surface area contributed by atoms with Gasteiger partial charge in [-0.05, 0) is 6.92 Å². The second-order valence-corrected chi connectivity index (χ2v) is 2.29. The average Bonchev–Trinajstić information content (AvgIpc) is 2.11. The summed E-state index contributed by atoms with van der Waals surface area (Å²) in [6.07, 6.45) is 1.79. The van der Waals surface area contributed by atoms with Crippen LogP contribution in [0.5, 0.6) is 0 Å². The standard InChI is InChI=1S/C9H13O3/c1-4-6-12-9(11)7(3)8(10)5-2/h4H,1,5-6H2,2-3H3. The largest absolute Gasteiger partial charge is 0.458 e. The lowest BCUT2D eigenvalue weighted by Gasteiger charge is -2.01. The molecule has 0 amide bonds. The maximum atomic E-state index is 11.0. The van der Waals surface area contributed by atoms with Crippen molar-refractivity contribution in [3.8, 4) is 0 Å². The van der Waals surface area contributed by atoms with E-state index in [2.05, 4.69) is 11.3 Å². The van der Waals surface area contributed by atoms with Gasteiger partial charge >= 0.3 is 5.97 Å². The van der Waals surface area contributed by atoms with Gasteiger partial charge in [0.05, 0.1) is 5.57 Å². The fourth-order valence-electron chi connectivity index (χ4n) is 0.622. The summed E-state index contributed by atoms with van der Waals surface area (Å²) < 4.78 is 4.66. The molecule has 0 aromatic rings. The molecule has 0 unspecified atom stereocenters. The van der Waals surface area contributed by atoms with Crippen LogP contribution >= 0.6 is 0 Å². The van der Waals surface area contributed by atoms with Gasteiger partial charge in [-0.25, -0.2) is 4.79 Å². The second kappa shape index (κ2) is 5.41.